The molecule has 4 aromatic rings. The first-order valence-electron chi connectivity index (χ1n) is 11.9. The van der Waals surface area contributed by atoms with E-state index in [1.165, 1.54) is 4.52 Å². The molecule has 0 atom stereocenters. The molecule has 1 amide bonds. The number of carbonyl (C=O) groups excluding carboxylic acids is 1. The lowest BCUT2D eigenvalue weighted by atomic mass is 10.1. The number of fused-ring (bicyclic) bond motifs is 1. The van der Waals surface area contributed by atoms with Crippen molar-refractivity contribution in [3.8, 4) is 17.0 Å². The molecule has 2 heterocycles. The molecule has 1 N–H and O–H groups in total. The van der Waals surface area contributed by atoms with E-state index in [1.54, 1.807) is 0 Å². The Morgan fingerprint density at radius 3 is 2.49 bits per heavy atom. The fraction of sp³-hybridized carbons (Fsp3) is 0.321. The maximum atomic E-state index is 13.3. The molecule has 0 aliphatic carbocycles. The van der Waals surface area contributed by atoms with Gasteiger partial charge in [0.25, 0.3) is 5.56 Å². The van der Waals surface area contributed by atoms with Gasteiger partial charge >= 0.3 is 0 Å². The first-order valence-corrected chi connectivity index (χ1v) is 11.9. The number of carbonyl (C=O) groups is 1. The van der Waals surface area contributed by atoms with Crippen LogP contribution in [0.25, 0.3) is 16.9 Å². The van der Waals surface area contributed by atoms with E-state index in [4.69, 9.17) is 4.74 Å². The fourth-order valence-corrected chi connectivity index (χ4v) is 4.18. The summed E-state index contributed by atoms with van der Waals surface area (Å²) in [5, 5.41) is 7.55. The number of rotatable bonds is 8. The second-order valence-corrected chi connectivity index (χ2v) is 9.13. The predicted molar refractivity (Wildman–Crippen MR) is 138 cm³/mol. The molecule has 0 fully saturated rings. The van der Waals surface area contributed by atoms with E-state index in [2.05, 4.69) is 10.4 Å². The number of ether oxygens (including phenoxy) is 1. The van der Waals surface area contributed by atoms with Crippen molar-refractivity contribution < 1.29 is 9.53 Å². The van der Waals surface area contributed by atoms with Crippen LogP contribution in [0.3, 0.4) is 0 Å². The molecule has 7 heteroatoms. The summed E-state index contributed by atoms with van der Waals surface area (Å²) in [6.45, 7) is 8.33. The summed E-state index contributed by atoms with van der Waals surface area (Å²) < 4.78 is 9.06. The van der Waals surface area contributed by atoms with Crippen molar-refractivity contribution in [3.05, 3.63) is 87.3 Å². The zero-order valence-electron chi connectivity index (χ0n) is 21.0. The molecule has 7 nitrogen and oxygen atoms in total. The first kappa shape index (κ1) is 24.3. The van der Waals surface area contributed by atoms with Gasteiger partial charge in [-0.1, -0.05) is 36.4 Å². The standard InChI is InChI=1S/C28H32N4O3/c1-18(2)35-22-12-10-21(11-13-22)17-29-26(33)15-14-24-20(4)31(5)27-16-25(30-32(27)28(24)34)23-9-7-6-8-19(23)3/h6-13,16,18H,14-15,17H2,1-5H3,(H,29,33). The van der Waals surface area contributed by atoms with Crippen molar-refractivity contribution in [2.45, 2.75) is 53.2 Å². The fourth-order valence-electron chi connectivity index (χ4n) is 4.18. The molecule has 35 heavy (non-hydrogen) atoms. The summed E-state index contributed by atoms with van der Waals surface area (Å²) in [7, 11) is 1.92. The quantitative estimate of drug-likeness (QED) is 0.414. The third-order valence-electron chi connectivity index (χ3n) is 6.23. The highest BCUT2D eigenvalue weighted by Crippen LogP contribution is 2.23. The Bertz CT molecular complexity index is 1410. The SMILES string of the molecule is Cc1ccccc1-c1cc2n(C)c(C)c(CCC(=O)NCc3ccc(OC(C)C)cc3)c(=O)n2n1. The van der Waals surface area contributed by atoms with E-state index in [-0.39, 0.29) is 24.0 Å². The van der Waals surface area contributed by atoms with E-state index in [0.717, 1.165) is 39.5 Å². The molecule has 0 spiro atoms. The molecule has 4 rings (SSSR count). The van der Waals surface area contributed by atoms with Crippen LogP contribution < -0.4 is 15.6 Å². The average Bonchev–Trinajstić information content (AvgIpc) is 3.28. The van der Waals surface area contributed by atoms with E-state index >= 15 is 0 Å². The zero-order valence-corrected chi connectivity index (χ0v) is 21.0. The van der Waals surface area contributed by atoms with Crippen LogP contribution in [0.1, 0.15) is 42.7 Å². The number of hydrogen-bond donors (Lipinski definition) is 1. The molecule has 0 saturated carbocycles. The summed E-state index contributed by atoms with van der Waals surface area (Å²) in [6, 6.07) is 17.6. The number of nitrogens with one attached hydrogen (secondary N) is 1. The van der Waals surface area contributed by atoms with Crippen LogP contribution in [0.15, 0.2) is 59.4 Å². The Morgan fingerprint density at radius 2 is 1.80 bits per heavy atom. The van der Waals surface area contributed by atoms with Crippen molar-refractivity contribution >= 4 is 11.6 Å². The summed E-state index contributed by atoms with van der Waals surface area (Å²) in [4.78, 5) is 25.8. The molecule has 0 bridgehead atoms. The van der Waals surface area contributed by atoms with E-state index in [1.807, 2.05) is 93.9 Å². The van der Waals surface area contributed by atoms with Crippen LogP contribution >= 0.6 is 0 Å². The van der Waals surface area contributed by atoms with E-state index in [0.29, 0.717) is 18.5 Å². The molecule has 2 aromatic heterocycles. The van der Waals surface area contributed by atoms with Gasteiger partial charge in [0.1, 0.15) is 11.4 Å². The summed E-state index contributed by atoms with van der Waals surface area (Å²) in [5.41, 5.74) is 5.84. The first-order chi connectivity index (χ1) is 16.7. The topological polar surface area (TPSA) is 77.6 Å². The number of aromatic nitrogens is 3. The molecule has 2 aromatic carbocycles. The van der Waals surface area contributed by atoms with Crippen LogP contribution in [-0.4, -0.2) is 26.2 Å². The van der Waals surface area contributed by atoms with Gasteiger partial charge in [0.15, 0.2) is 0 Å². The highest BCUT2D eigenvalue weighted by molar-refractivity contribution is 5.76. The minimum atomic E-state index is -0.177. The molecule has 0 aliphatic heterocycles. The second-order valence-electron chi connectivity index (χ2n) is 9.13. The van der Waals surface area contributed by atoms with Gasteiger partial charge in [-0.15, -0.1) is 0 Å². The molecule has 0 saturated heterocycles. The van der Waals surface area contributed by atoms with Gasteiger partial charge in [0, 0.05) is 42.9 Å². The van der Waals surface area contributed by atoms with Crippen LogP contribution in [-0.2, 0) is 24.8 Å². The second kappa shape index (κ2) is 10.2. The lowest BCUT2D eigenvalue weighted by molar-refractivity contribution is -0.121. The molecular weight excluding hydrogens is 440 g/mol. The van der Waals surface area contributed by atoms with Gasteiger partial charge < -0.3 is 14.6 Å². The van der Waals surface area contributed by atoms with Gasteiger partial charge in [-0.05, 0) is 57.4 Å². The zero-order chi connectivity index (χ0) is 25.1. The largest absolute Gasteiger partial charge is 0.491 e. The number of benzene rings is 2. The summed E-state index contributed by atoms with van der Waals surface area (Å²) in [5.74, 6) is 0.705. The maximum absolute atomic E-state index is 13.3. The molecule has 0 aliphatic rings. The highest BCUT2D eigenvalue weighted by Gasteiger charge is 2.17. The number of hydrogen-bond acceptors (Lipinski definition) is 4. The van der Waals surface area contributed by atoms with Gasteiger partial charge in [0.2, 0.25) is 5.91 Å². The Labute approximate surface area is 205 Å². The molecule has 182 valence electrons. The van der Waals surface area contributed by atoms with Crippen LogP contribution in [0.5, 0.6) is 5.75 Å². The third kappa shape index (κ3) is 5.29. The Kier molecular flexibility index (Phi) is 7.05. The number of nitrogens with zero attached hydrogens (tertiary/aromatic N) is 3. The summed E-state index contributed by atoms with van der Waals surface area (Å²) >= 11 is 0. The Balaban J connectivity index is 1.46. The minimum Gasteiger partial charge on any atom is -0.491 e. The van der Waals surface area contributed by atoms with Crippen molar-refractivity contribution in [2.75, 3.05) is 0 Å². The van der Waals surface area contributed by atoms with Crippen molar-refractivity contribution in [3.63, 3.8) is 0 Å². The van der Waals surface area contributed by atoms with Gasteiger partial charge in [-0.2, -0.15) is 9.61 Å². The van der Waals surface area contributed by atoms with E-state index in [9.17, 15) is 9.59 Å². The van der Waals surface area contributed by atoms with Crippen molar-refractivity contribution in [1.29, 1.82) is 0 Å². The lowest BCUT2D eigenvalue weighted by Gasteiger charge is -2.12. The van der Waals surface area contributed by atoms with Crippen molar-refractivity contribution in [1.82, 2.24) is 19.5 Å². The Hall–Kier alpha value is -3.87. The minimum absolute atomic E-state index is 0.102. The monoisotopic (exact) mass is 472 g/mol. The lowest BCUT2D eigenvalue weighted by Crippen LogP contribution is -2.27. The number of amides is 1. The van der Waals surface area contributed by atoms with Gasteiger partial charge in [-0.3, -0.25) is 9.59 Å². The normalized spacial score (nSPS) is 11.3. The third-order valence-corrected chi connectivity index (χ3v) is 6.23. The summed E-state index contributed by atoms with van der Waals surface area (Å²) in [6.07, 6.45) is 0.690. The maximum Gasteiger partial charge on any atom is 0.277 e. The molecule has 0 radical (unpaired) electrons. The highest BCUT2D eigenvalue weighted by atomic mass is 16.5. The van der Waals surface area contributed by atoms with E-state index < -0.39 is 0 Å². The average molecular weight is 473 g/mol. The predicted octanol–water partition coefficient (Wildman–Crippen LogP) is 4.35. The molecule has 0 unspecified atom stereocenters. The van der Waals surface area contributed by atoms with Crippen LogP contribution in [0.2, 0.25) is 0 Å². The van der Waals surface area contributed by atoms with Gasteiger partial charge in [-0.25, -0.2) is 0 Å². The van der Waals surface area contributed by atoms with Crippen molar-refractivity contribution in [2.24, 2.45) is 7.05 Å². The number of aryl methyl sites for hydroxylation is 2. The van der Waals surface area contributed by atoms with Crippen LogP contribution in [0, 0.1) is 13.8 Å². The van der Waals surface area contributed by atoms with Crippen LogP contribution in [0.4, 0.5) is 0 Å². The van der Waals surface area contributed by atoms with Gasteiger partial charge in [0.05, 0.1) is 11.8 Å². The Morgan fingerprint density at radius 1 is 1.09 bits per heavy atom. The molecular formula is C28H32N4O3. The smallest absolute Gasteiger partial charge is 0.277 e.